The number of rotatable bonds is 6. The highest BCUT2D eigenvalue weighted by molar-refractivity contribution is 7.85. The molecule has 0 aliphatic heterocycles. The van der Waals surface area contributed by atoms with Gasteiger partial charge in [-0.2, -0.15) is 0 Å². The fourth-order valence-corrected chi connectivity index (χ4v) is 3.68. The Labute approximate surface area is 139 Å². The minimum atomic E-state index is -1.31. The maximum Gasteiger partial charge on any atom is 0.238 e. The average molecular weight is 334 g/mol. The van der Waals surface area contributed by atoms with Crippen LogP contribution in [0.3, 0.4) is 0 Å². The number of benzene rings is 1. The molecule has 2 aromatic rings. The minimum Gasteiger partial charge on any atom is -0.361 e. The molecule has 6 heteroatoms. The lowest BCUT2D eigenvalue weighted by molar-refractivity contribution is -0.129. The van der Waals surface area contributed by atoms with E-state index in [1.807, 2.05) is 37.3 Å². The Morgan fingerprint density at radius 1 is 1.30 bits per heavy atom. The summed E-state index contributed by atoms with van der Waals surface area (Å²) in [6, 6.07) is 9.75. The van der Waals surface area contributed by atoms with Crippen LogP contribution in [0.1, 0.15) is 29.5 Å². The van der Waals surface area contributed by atoms with Gasteiger partial charge in [0.05, 0.1) is 11.4 Å². The molecule has 0 aliphatic carbocycles. The van der Waals surface area contributed by atoms with Gasteiger partial charge in [-0.15, -0.1) is 0 Å². The van der Waals surface area contributed by atoms with Gasteiger partial charge in [0.25, 0.3) is 0 Å². The van der Waals surface area contributed by atoms with Crippen molar-refractivity contribution >= 4 is 16.7 Å². The third-order valence-electron chi connectivity index (χ3n) is 3.85. The molecule has 0 saturated heterocycles. The maximum atomic E-state index is 12.5. The number of hydrogen-bond donors (Lipinski definition) is 0. The van der Waals surface area contributed by atoms with Gasteiger partial charge in [0.2, 0.25) is 5.91 Å². The van der Waals surface area contributed by atoms with Gasteiger partial charge in [-0.25, -0.2) is 0 Å². The second kappa shape index (κ2) is 7.55. The van der Waals surface area contributed by atoms with Gasteiger partial charge in [-0.3, -0.25) is 9.00 Å². The Hall–Kier alpha value is -1.95. The first-order chi connectivity index (χ1) is 10.9. The van der Waals surface area contributed by atoms with Gasteiger partial charge in [-0.05, 0) is 26.3 Å². The molecule has 23 heavy (non-hydrogen) atoms. The van der Waals surface area contributed by atoms with Crippen molar-refractivity contribution in [3.05, 3.63) is 52.9 Å². The van der Waals surface area contributed by atoms with Crippen LogP contribution in [0.2, 0.25) is 0 Å². The molecule has 1 aromatic heterocycles. The van der Waals surface area contributed by atoms with Crippen LogP contribution in [0.15, 0.2) is 34.9 Å². The molecule has 1 aromatic carbocycles. The van der Waals surface area contributed by atoms with Crippen LogP contribution in [0.5, 0.6) is 0 Å². The number of amides is 1. The number of carbonyl (C=O) groups excluding carboxylic acids is 1. The lowest BCUT2D eigenvalue weighted by Crippen LogP contribution is -2.37. The van der Waals surface area contributed by atoms with Crippen molar-refractivity contribution in [1.82, 2.24) is 10.1 Å². The summed E-state index contributed by atoms with van der Waals surface area (Å²) in [6.45, 7) is 5.82. The van der Waals surface area contributed by atoms with Crippen LogP contribution in [0, 0.1) is 13.8 Å². The van der Waals surface area contributed by atoms with Crippen molar-refractivity contribution in [2.75, 3.05) is 7.05 Å². The predicted molar refractivity (Wildman–Crippen MR) is 90.2 cm³/mol. The molecule has 0 unspecified atom stereocenters. The van der Waals surface area contributed by atoms with Crippen LogP contribution in [-0.4, -0.2) is 32.5 Å². The van der Waals surface area contributed by atoms with Gasteiger partial charge in [0.1, 0.15) is 11.0 Å². The van der Waals surface area contributed by atoms with Crippen LogP contribution in [0.4, 0.5) is 0 Å². The molecule has 0 N–H and O–H groups in total. The maximum absolute atomic E-state index is 12.5. The van der Waals surface area contributed by atoms with Crippen LogP contribution in [0.25, 0.3) is 0 Å². The fraction of sp³-hybridized carbons (Fsp3) is 0.412. The van der Waals surface area contributed by atoms with E-state index < -0.39 is 16.0 Å². The molecule has 0 spiro atoms. The summed E-state index contributed by atoms with van der Waals surface area (Å²) in [7, 11) is 0.420. The van der Waals surface area contributed by atoms with Gasteiger partial charge < -0.3 is 9.42 Å². The SMILES string of the molecule is Cc1noc(C)c1C[S@](=O)[C@H](C)C(=O)N(C)Cc1ccccc1. The number of aromatic nitrogens is 1. The Morgan fingerprint density at radius 3 is 2.52 bits per heavy atom. The smallest absolute Gasteiger partial charge is 0.238 e. The second-order valence-corrected chi connectivity index (χ2v) is 7.41. The third kappa shape index (κ3) is 4.28. The van der Waals surface area contributed by atoms with E-state index in [4.69, 9.17) is 4.52 Å². The molecule has 5 nitrogen and oxygen atoms in total. The molecular weight excluding hydrogens is 312 g/mol. The third-order valence-corrected chi connectivity index (χ3v) is 5.41. The molecule has 2 atom stereocenters. The highest BCUT2D eigenvalue weighted by Crippen LogP contribution is 2.17. The molecule has 2 rings (SSSR count). The van der Waals surface area contributed by atoms with Crippen molar-refractivity contribution in [2.45, 2.75) is 38.3 Å². The summed E-state index contributed by atoms with van der Waals surface area (Å²) in [6.07, 6.45) is 0. The van der Waals surface area contributed by atoms with Crippen molar-refractivity contribution in [2.24, 2.45) is 0 Å². The standard InChI is InChI=1S/C17H22N2O3S/c1-12-16(13(2)22-18-12)11-23(21)14(3)17(20)19(4)10-15-8-6-5-7-9-15/h5-9,14H,10-11H2,1-4H3/t14-,23+/m1/s1. The van der Waals surface area contributed by atoms with E-state index in [0.717, 1.165) is 16.8 Å². The van der Waals surface area contributed by atoms with Crippen LogP contribution in [-0.2, 0) is 27.9 Å². The Kier molecular flexibility index (Phi) is 5.71. The largest absolute Gasteiger partial charge is 0.361 e. The van der Waals surface area contributed by atoms with Crippen molar-refractivity contribution in [3.8, 4) is 0 Å². The summed E-state index contributed by atoms with van der Waals surface area (Å²) in [5, 5.41) is 3.29. The van der Waals surface area contributed by atoms with Gasteiger partial charge >= 0.3 is 0 Å². The van der Waals surface area contributed by atoms with Crippen LogP contribution < -0.4 is 0 Å². The second-order valence-electron chi connectivity index (χ2n) is 5.65. The molecule has 1 heterocycles. The lowest BCUT2D eigenvalue weighted by Gasteiger charge is -2.21. The summed E-state index contributed by atoms with van der Waals surface area (Å²) in [5.41, 5.74) is 2.61. The number of carbonyl (C=O) groups is 1. The number of nitrogens with zero attached hydrogens (tertiary/aromatic N) is 2. The zero-order valence-electron chi connectivity index (χ0n) is 13.9. The first-order valence-corrected chi connectivity index (χ1v) is 8.86. The van der Waals surface area contributed by atoms with Crippen molar-refractivity contribution in [3.63, 3.8) is 0 Å². The van der Waals surface area contributed by atoms with E-state index in [-0.39, 0.29) is 11.7 Å². The number of hydrogen-bond acceptors (Lipinski definition) is 4. The normalized spacial score (nSPS) is 13.6. The summed E-state index contributed by atoms with van der Waals surface area (Å²) in [4.78, 5) is 14.1. The van der Waals surface area contributed by atoms with Gasteiger partial charge in [0.15, 0.2) is 0 Å². The minimum absolute atomic E-state index is 0.126. The molecule has 0 saturated carbocycles. The van der Waals surface area contributed by atoms with E-state index in [1.54, 1.807) is 25.8 Å². The molecule has 1 amide bonds. The van der Waals surface area contributed by atoms with Gasteiger partial charge in [0, 0.05) is 30.0 Å². The molecule has 0 aliphatic rings. The molecule has 0 radical (unpaired) electrons. The fourth-order valence-electron chi connectivity index (χ4n) is 2.33. The Morgan fingerprint density at radius 2 is 1.96 bits per heavy atom. The molecule has 0 bridgehead atoms. The summed E-state index contributed by atoms with van der Waals surface area (Å²) in [5.74, 6) is 0.819. The van der Waals surface area contributed by atoms with Gasteiger partial charge in [-0.1, -0.05) is 35.5 Å². The summed E-state index contributed by atoms with van der Waals surface area (Å²) < 4.78 is 17.6. The first-order valence-electron chi connectivity index (χ1n) is 7.48. The lowest BCUT2D eigenvalue weighted by atomic mass is 10.2. The van der Waals surface area contributed by atoms with E-state index in [2.05, 4.69) is 5.16 Å². The highest BCUT2D eigenvalue weighted by Gasteiger charge is 2.25. The van der Waals surface area contributed by atoms with E-state index in [1.165, 1.54) is 0 Å². The summed E-state index contributed by atoms with van der Waals surface area (Å²) >= 11 is 0. The van der Waals surface area contributed by atoms with Crippen LogP contribution >= 0.6 is 0 Å². The monoisotopic (exact) mass is 334 g/mol. The molecule has 124 valence electrons. The number of aryl methyl sites for hydroxylation is 2. The van der Waals surface area contributed by atoms with Crippen molar-refractivity contribution in [1.29, 1.82) is 0 Å². The zero-order chi connectivity index (χ0) is 17.0. The van der Waals surface area contributed by atoms with E-state index in [9.17, 15) is 9.00 Å². The highest BCUT2D eigenvalue weighted by atomic mass is 32.2. The van der Waals surface area contributed by atoms with E-state index in [0.29, 0.717) is 12.3 Å². The topological polar surface area (TPSA) is 63.4 Å². The zero-order valence-corrected chi connectivity index (χ0v) is 14.7. The molecular formula is C17H22N2O3S. The Bertz CT molecular complexity index is 678. The Balaban J connectivity index is 1.99. The van der Waals surface area contributed by atoms with Crippen molar-refractivity contribution < 1.29 is 13.5 Å². The average Bonchev–Trinajstić information content (AvgIpc) is 2.86. The predicted octanol–water partition coefficient (Wildman–Crippen LogP) is 2.59. The van der Waals surface area contributed by atoms with E-state index >= 15 is 0 Å². The quantitative estimate of drug-likeness (QED) is 0.814. The first kappa shape index (κ1) is 17.4. The molecule has 0 fully saturated rings.